The maximum atomic E-state index is 13.1. The molecule has 1 aromatic heterocycles. The van der Waals surface area contributed by atoms with Gasteiger partial charge in [-0.3, -0.25) is 4.79 Å². The van der Waals surface area contributed by atoms with Crippen molar-refractivity contribution in [3.8, 4) is 0 Å². The Morgan fingerprint density at radius 3 is 2.61 bits per heavy atom. The summed E-state index contributed by atoms with van der Waals surface area (Å²) in [6.07, 6.45) is 1.62. The molecule has 3 aromatic rings. The van der Waals surface area contributed by atoms with Crippen molar-refractivity contribution in [1.29, 1.82) is 0 Å². The smallest absolute Gasteiger partial charge is 0.196 e. The first kappa shape index (κ1) is 14.1. The van der Waals surface area contributed by atoms with Gasteiger partial charge in [0, 0.05) is 25.7 Å². The maximum absolute atomic E-state index is 13.1. The van der Waals surface area contributed by atoms with Gasteiger partial charge in [0.25, 0.3) is 0 Å². The van der Waals surface area contributed by atoms with Gasteiger partial charge >= 0.3 is 0 Å². The van der Waals surface area contributed by atoms with Crippen molar-refractivity contribution >= 4 is 37.2 Å². The van der Waals surface area contributed by atoms with E-state index in [0.29, 0.717) is 5.70 Å². The molecule has 5 heteroatoms. The highest BCUT2D eigenvalue weighted by Gasteiger charge is 2.20. The summed E-state index contributed by atoms with van der Waals surface area (Å²) in [6, 6.07) is 11.9. The molecule has 0 N–H and O–H groups in total. The molecule has 1 aliphatic rings. The van der Waals surface area contributed by atoms with Crippen LogP contribution in [0.4, 0.5) is 0 Å². The number of fused-ring (bicyclic) bond motifs is 2. The largest absolute Gasteiger partial charge is 0.288 e. The van der Waals surface area contributed by atoms with E-state index >= 15 is 0 Å². The van der Waals surface area contributed by atoms with Crippen LogP contribution in [-0.4, -0.2) is 0 Å². The molecule has 0 aliphatic carbocycles. The molecule has 1 radical (unpaired) electrons. The fraction of sp³-hybridized carbons (Fsp3) is 0.167. The number of hydrogen-bond donors (Lipinski definition) is 0. The van der Waals surface area contributed by atoms with Crippen LogP contribution in [0, 0.1) is 0 Å². The third kappa shape index (κ3) is 2.16. The summed E-state index contributed by atoms with van der Waals surface area (Å²) in [5.74, 6) is 0.280. The van der Waals surface area contributed by atoms with Gasteiger partial charge in [-0.2, -0.15) is 0 Å². The van der Waals surface area contributed by atoms with Crippen LogP contribution in [0.15, 0.2) is 57.7 Å². The Balaban J connectivity index is 2.22. The number of nitrogens with zero attached hydrogens (tertiary/aromatic N) is 3. The van der Waals surface area contributed by atoms with Crippen molar-refractivity contribution in [2.75, 3.05) is 0 Å². The zero-order chi connectivity index (χ0) is 16.0. The fourth-order valence-corrected chi connectivity index (χ4v) is 4.05. The Kier molecular flexibility index (Phi) is 3.23. The molecule has 113 valence electrons. The SMILES string of the molecule is CC(C)c1ccc2sc3ccccc3c(=O)c2c1C1=C[N]N=N1. The van der Waals surface area contributed by atoms with Crippen LogP contribution in [0.3, 0.4) is 0 Å². The Morgan fingerprint density at radius 2 is 1.87 bits per heavy atom. The third-order valence-corrected chi connectivity index (χ3v) is 5.18. The van der Waals surface area contributed by atoms with Gasteiger partial charge in [-0.1, -0.05) is 32.0 Å². The van der Waals surface area contributed by atoms with Gasteiger partial charge < -0.3 is 0 Å². The number of rotatable bonds is 2. The summed E-state index contributed by atoms with van der Waals surface area (Å²) in [7, 11) is 0. The molecule has 23 heavy (non-hydrogen) atoms. The van der Waals surface area contributed by atoms with Crippen molar-refractivity contribution < 1.29 is 0 Å². The van der Waals surface area contributed by atoms with Crippen LogP contribution in [0.1, 0.15) is 30.9 Å². The molecule has 1 aliphatic heterocycles. The Bertz CT molecular complexity index is 1050. The van der Waals surface area contributed by atoms with Gasteiger partial charge in [0.15, 0.2) is 5.43 Å². The normalized spacial score (nSPS) is 13.8. The van der Waals surface area contributed by atoms with E-state index in [-0.39, 0.29) is 11.3 Å². The maximum Gasteiger partial charge on any atom is 0.196 e. The summed E-state index contributed by atoms with van der Waals surface area (Å²) < 4.78 is 1.97. The second-order valence-corrected chi connectivity index (χ2v) is 6.89. The molecule has 2 aromatic carbocycles. The lowest BCUT2D eigenvalue weighted by atomic mass is 9.92. The first-order valence-electron chi connectivity index (χ1n) is 7.46. The molecule has 0 spiro atoms. The molecule has 0 saturated carbocycles. The Morgan fingerprint density at radius 1 is 1.04 bits per heavy atom. The molecule has 0 atom stereocenters. The summed E-state index contributed by atoms with van der Waals surface area (Å²) >= 11 is 1.63. The van der Waals surface area contributed by atoms with E-state index in [1.54, 1.807) is 17.5 Å². The predicted molar refractivity (Wildman–Crippen MR) is 94.7 cm³/mol. The summed E-state index contributed by atoms with van der Waals surface area (Å²) in [4.78, 5) is 13.1. The van der Waals surface area contributed by atoms with Crippen LogP contribution in [0.2, 0.25) is 0 Å². The average Bonchev–Trinajstić information content (AvgIpc) is 3.08. The van der Waals surface area contributed by atoms with E-state index in [4.69, 9.17) is 0 Å². The van der Waals surface area contributed by atoms with Crippen LogP contribution in [0.25, 0.3) is 25.9 Å². The molecular formula is C18H14N3OS. The minimum atomic E-state index is 0.0508. The van der Waals surface area contributed by atoms with Gasteiger partial charge in [-0.05, 0) is 34.9 Å². The van der Waals surface area contributed by atoms with E-state index in [0.717, 1.165) is 31.3 Å². The predicted octanol–water partition coefficient (Wildman–Crippen LogP) is 4.82. The summed E-state index contributed by atoms with van der Waals surface area (Å²) in [5.41, 5.74) is 6.52. The lowest BCUT2D eigenvalue weighted by Crippen LogP contribution is -2.07. The van der Waals surface area contributed by atoms with Gasteiger partial charge in [0.1, 0.15) is 5.70 Å². The highest BCUT2D eigenvalue weighted by molar-refractivity contribution is 7.24. The second kappa shape index (κ2) is 5.28. The minimum Gasteiger partial charge on any atom is -0.288 e. The van der Waals surface area contributed by atoms with Crippen molar-refractivity contribution in [2.45, 2.75) is 19.8 Å². The Hall–Kier alpha value is -2.53. The van der Waals surface area contributed by atoms with E-state index < -0.39 is 0 Å². The second-order valence-electron chi connectivity index (χ2n) is 5.80. The fourth-order valence-electron chi connectivity index (χ4n) is 2.96. The van der Waals surface area contributed by atoms with Crippen LogP contribution < -0.4 is 10.9 Å². The first-order chi connectivity index (χ1) is 11.2. The van der Waals surface area contributed by atoms with Crippen LogP contribution in [0.5, 0.6) is 0 Å². The van der Waals surface area contributed by atoms with E-state index in [9.17, 15) is 4.79 Å². The zero-order valence-corrected chi connectivity index (χ0v) is 13.6. The lowest BCUT2D eigenvalue weighted by molar-refractivity contribution is 0.864. The van der Waals surface area contributed by atoms with Crippen LogP contribution >= 0.6 is 11.3 Å². The molecule has 4 nitrogen and oxygen atoms in total. The van der Waals surface area contributed by atoms with Crippen molar-refractivity contribution in [1.82, 2.24) is 5.43 Å². The van der Waals surface area contributed by atoms with Gasteiger partial charge in [0.05, 0.1) is 6.20 Å². The molecule has 4 rings (SSSR count). The molecule has 0 fully saturated rings. The van der Waals surface area contributed by atoms with Crippen molar-refractivity contribution in [3.05, 3.63) is 63.9 Å². The molecule has 2 heterocycles. The molecule has 0 saturated heterocycles. The average molecular weight is 320 g/mol. The first-order valence-corrected chi connectivity index (χ1v) is 8.28. The van der Waals surface area contributed by atoms with Gasteiger partial charge in [0.2, 0.25) is 0 Å². The Labute approximate surface area is 137 Å². The van der Waals surface area contributed by atoms with Crippen LogP contribution in [-0.2, 0) is 0 Å². The molecule has 0 amide bonds. The highest BCUT2D eigenvalue weighted by Crippen LogP contribution is 2.36. The van der Waals surface area contributed by atoms with Gasteiger partial charge in [-0.15, -0.1) is 21.9 Å². The standard InChI is InChI=1S/C18H14N3OS/c1-10(2)11-7-8-15-17(16(11)13-9-19-21-20-13)18(22)12-5-3-4-6-14(12)23-15/h3-10H,1-2H3. The van der Waals surface area contributed by atoms with E-state index in [2.05, 4.69) is 35.7 Å². The quantitative estimate of drug-likeness (QED) is 0.624. The molecule has 0 bridgehead atoms. The monoisotopic (exact) mass is 320 g/mol. The zero-order valence-electron chi connectivity index (χ0n) is 12.8. The van der Waals surface area contributed by atoms with Crippen molar-refractivity contribution in [2.24, 2.45) is 10.3 Å². The molecule has 0 unspecified atom stereocenters. The highest BCUT2D eigenvalue weighted by atomic mass is 32.1. The summed E-state index contributed by atoms with van der Waals surface area (Å²) in [5, 5.41) is 9.28. The summed E-state index contributed by atoms with van der Waals surface area (Å²) in [6.45, 7) is 4.23. The van der Waals surface area contributed by atoms with Gasteiger partial charge in [-0.25, -0.2) is 0 Å². The van der Waals surface area contributed by atoms with E-state index in [1.807, 2.05) is 30.3 Å². The topological polar surface area (TPSA) is 55.9 Å². The molecular weight excluding hydrogens is 306 g/mol. The number of hydrogen-bond acceptors (Lipinski definition) is 4. The minimum absolute atomic E-state index is 0.0508. The van der Waals surface area contributed by atoms with E-state index in [1.165, 1.54) is 0 Å². The van der Waals surface area contributed by atoms with Crippen molar-refractivity contribution in [3.63, 3.8) is 0 Å². The lowest BCUT2D eigenvalue weighted by Gasteiger charge is -2.14. The number of benzene rings is 2. The third-order valence-electron chi connectivity index (χ3n) is 4.04.